The third-order valence-electron chi connectivity index (χ3n) is 7.32. The molecule has 2 N–H and O–H groups in total. The second-order valence-corrected chi connectivity index (χ2v) is 10.1. The van der Waals surface area contributed by atoms with Crippen molar-refractivity contribution in [3.05, 3.63) is 80.8 Å². The quantitative estimate of drug-likeness (QED) is 0.604. The molecule has 2 unspecified atom stereocenters. The zero-order valence-corrected chi connectivity index (χ0v) is 22.6. The summed E-state index contributed by atoms with van der Waals surface area (Å²) in [6.07, 6.45) is 11.6. The summed E-state index contributed by atoms with van der Waals surface area (Å²) >= 11 is 0. The molecule has 0 radical (unpaired) electrons. The fraction of sp³-hybridized carbons (Fsp3) is 0.333. The van der Waals surface area contributed by atoms with Crippen molar-refractivity contribution in [3.63, 3.8) is 0 Å². The molecule has 5 heterocycles. The number of nitrogens with one attached hydrogen (secondary N) is 2. The number of nitrogens with zero attached hydrogens (tertiary/aromatic N) is 2. The van der Waals surface area contributed by atoms with Crippen molar-refractivity contribution >= 4 is 35.5 Å². The lowest BCUT2D eigenvalue weighted by Crippen LogP contribution is -2.51. The SMILES string of the molecule is CCOC(=O)C1=C(C(=O)OCC)C2(C)NC1(C)/C=C1/C=CC(=N1)/C=c1/cc/c([nH]1)=C/C1=NC(=C\2C)/C=C1C. The van der Waals surface area contributed by atoms with Crippen molar-refractivity contribution in [2.75, 3.05) is 13.2 Å². The van der Waals surface area contributed by atoms with Crippen LogP contribution in [0.5, 0.6) is 0 Å². The molecule has 2 atom stereocenters. The Morgan fingerprint density at radius 3 is 2.24 bits per heavy atom. The normalized spacial score (nSPS) is 30.9. The number of aromatic nitrogens is 1. The van der Waals surface area contributed by atoms with Gasteiger partial charge in [-0.05, 0) is 101 Å². The van der Waals surface area contributed by atoms with Gasteiger partial charge in [0, 0.05) is 10.7 Å². The molecule has 4 aliphatic heterocycles. The molecule has 5 rings (SSSR count). The number of fused-ring (bicyclic) bond motifs is 6. The standard InChI is InChI=1S/C30H32N4O4/c1-7-37-27(35)25-26(28(36)38-8-2)30(6)18(4)24-13-17(3)23(33-24)15-21-10-9-19(31-21)14-20-11-12-22(32-20)16-29(25,5)34-30/h9-16,31,34H,7-8H2,1-6H3/b19-14-,21-15-,22-16-,24-18-. The number of aliphatic imine (C=N–C) groups is 2. The van der Waals surface area contributed by atoms with Gasteiger partial charge in [-0.2, -0.15) is 0 Å². The van der Waals surface area contributed by atoms with Gasteiger partial charge in [0.25, 0.3) is 0 Å². The Morgan fingerprint density at radius 1 is 0.895 bits per heavy atom. The van der Waals surface area contributed by atoms with Crippen molar-refractivity contribution < 1.29 is 19.1 Å². The van der Waals surface area contributed by atoms with Crippen LogP contribution in [0.15, 0.2) is 80.1 Å². The lowest BCUT2D eigenvalue weighted by Gasteiger charge is -2.33. The van der Waals surface area contributed by atoms with E-state index in [-0.39, 0.29) is 24.4 Å². The van der Waals surface area contributed by atoms with Crippen LogP contribution in [-0.2, 0) is 19.1 Å². The lowest BCUT2D eigenvalue weighted by atomic mass is 9.83. The fourth-order valence-electron chi connectivity index (χ4n) is 5.45. The molecule has 8 nitrogen and oxygen atoms in total. The third kappa shape index (κ3) is 4.24. The number of H-pyrrole nitrogens is 1. The molecule has 0 spiro atoms. The monoisotopic (exact) mass is 512 g/mol. The molecule has 0 aromatic carbocycles. The van der Waals surface area contributed by atoms with Gasteiger partial charge < -0.3 is 14.5 Å². The Bertz CT molecular complexity index is 1590. The maximum absolute atomic E-state index is 13.6. The van der Waals surface area contributed by atoms with Gasteiger partial charge in [-0.1, -0.05) is 0 Å². The minimum atomic E-state index is -1.09. The first-order chi connectivity index (χ1) is 18.1. The number of hydrogen-bond donors (Lipinski definition) is 2. The van der Waals surface area contributed by atoms with Crippen LogP contribution >= 0.6 is 0 Å². The summed E-state index contributed by atoms with van der Waals surface area (Å²) in [7, 11) is 0. The molecule has 8 heteroatoms. The van der Waals surface area contributed by atoms with Crippen LogP contribution in [-0.4, -0.2) is 52.6 Å². The smallest absolute Gasteiger partial charge is 0.336 e. The zero-order chi connectivity index (χ0) is 27.2. The molecule has 1 aromatic heterocycles. The molecule has 0 saturated heterocycles. The first kappa shape index (κ1) is 25.6. The maximum Gasteiger partial charge on any atom is 0.336 e. The van der Waals surface area contributed by atoms with E-state index in [4.69, 9.17) is 19.5 Å². The molecule has 196 valence electrons. The molecule has 4 aliphatic rings. The minimum Gasteiger partial charge on any atom is -0.463 e. The molecule has 1 aromatic rings. The third-order valence-corrected chi connectivity index (χ3v) is 7.32. The Morgan fingerprint density at radius 2 is 1.55 bits per heavy atom. The summed E-state index contributed by atoms with van der Waals surface area (Å²) in [5, 5.41) is 5.43. The lowest BCUT2D eigenvalue weighted by molar-refractivity contribution is -0.142. The van der Waals surface area contributed by atoms with Crippen LogP contribution in [0, 0.1) is 0 Å². The van der Waals surface area contributed by atoms with E-state index in [0.29, 0.717) is 5.70 Å². The van der Waals surface area contributed by atoms with Gasteiger partial charge in [0.05, 0.1) is 58.3 Å². The maximum atomic E-state index is 13.6. The van der Waals surface area contributed by atoms with Gasteiger partial charge in [-0.15, -0.1) is 0 Å². The summed E-state index contributed by atoms with van der Waals surface area (Å²) < 4.78 is 11.0. The molecular weight excluding hydrogens is 480 g/mol. The molecule has 0 aliphatic carbocycles. The number of ether oxygens (including phenoxy) is 2. The van der Waals surface area contributed by atoms with Gasteiger partial charge in [0.1, 0.15) is 0 Å². The number of esters is 2. The fourth-order valence-corrected chi connectivity index (χ4v) is 5.45. The van der Waals surface area contributed by atoms with Crippen LogP contribution in [0.4, 0.5) is 0 Å². The van der Waals surface area contributed by atoms with E-state index in [0.717, 1.165) is 39.0 Å². The molecule has 0 saturated carbocycles. The van der Waals surface area contributed by atoms with Gasteiger partial charge in [-0.25, -0.2) is 19.6 Å². The molecule has 38 heavy (non-hydrogen) atoms. The summed E-state index contributed by atoms with van der Waals surface area (Å²) in [5.74, 6) is -1.15. The predicted molar refractivity (Wildman–Crippen MR) is 148 cm³/mol. The van der Waals surface area contributed by atoms with E-state index in [1.54, 1.807) is 13.8 Å². The van der Waals surface area contributed by atoms with Gasteiger partial charge >= 0.3 is 11.9 Å². The average molecular weight is 513 g/mol. The Labute approximate surface area is 221 Å². The minimum absolute atomic E-state index is 0.169. The first-order valence-electron chi connectivity index (χ1n) is 12.8. The number of rotatable bonds is 4. The summed E-state index contributed by atoms with van der Waals surface area (Å²) in [6.45, 7) is 11.5. The van der Waals surface area contributed by atoms with Crippen LogP contribution in [0.2, 0.25) is 0 Å². The van der Waals surface area contributed by atoms with E-state index in [2.05, 4.69) is 10.3 Å². The largest absolute Gasteiger partial charge is 0.463 e. The van der Waals surface area contributed by atoms with Crippen molar-refractivity contribution in [2.45, 2.75) is 52.6 Å². The van der Waals surface area contributed by atoms with Crippen LogP contribution in [0.1, 0.15) is 41.5 Å². The molecule has 0 fully saturated rings. The van der Waals surface area contributed by atoms with E-state index >= 15 is 0 Å². The van der Waals surface area contributed by atoms with Crippen molar-refractivity contribution in [1.29, 1.82) is 0 Å². The highest BCUT2D eigenvalue weighted by atomic mass is 16.5. The molecule has 8 bridgehead atoms. The highest BCUT2D eigenvalue weighted by Crippen LogP contribution is 2.45. The van der Waals surface area contributed by atoms with E-state index in [1.807, 2.05) is 76.3 Å². The van der Waals surface area contributed by atoms with E-state index in [9.17, 15) is 9.59 Å². The number of carbonyl (C=O) groups excluding carboxylic acids is 2. The highest BCUT2D eigenvalue weighted by Gasteiger charge is 2.55. The van der Waals surface area contributed by atoms with Crippen LogP contribution < -0.4 is 16.0 Å². The Hall–Kier alpha value is -4.04. The number of aromatic amines is 1. The summed E-state index contributed by atoms with van der Waals surface area (Å²) in [4.78, 5) is 40.1. The zero-order valence-electron chi connectivity index (χ0n) is 22.6. The summed E-state index contributed by atoms with van der Waals surface area (Å²) in [6, 6.07) is 4.00. The topological polar surface area (TPSA) is 105 Å². The summed E-state index contributed by atoms with van der Waals surface area (Å²) in [5.41, 5.74) is 3.00. The van der Waals surface area contributed by atoms with Crippen molar-refractivity contribution in [3.8, 4) is 0 Å². The second kappa shape index (κ2) is 9.36. The number of hydrogen-bond acceptors (Lipinski definition) is 7. The molecular formula is C30H32N4O4. The number of carbonyl (C=O) groups is 2. The average Bonchev–Trinajstić information content (AvgIpc) is 3.61. The van der Waals surface area contributed by atoms with Crippen molar-refractivity contribution in [1.82, 2.24) is 10.3 Å². The predicted octanol–water partition coefficient (Wildman–Crippen LogP) is 2.70. The van der Waals surface area contributed by atoms with E-state index in [1.165, 1.54) is 0 Å². The van der Waals surface area contributed by atoms with Gasteiger partial charge in [0.2, 0.25) is 0 Å². The second-order valence-electron chi connectivity index (χ2n) is 10.1. The molecule has 0 amide bonds. The Balaban J connectivity index is 1.85. The Kier molecular flexibility index (Phi) is 6.31. The highest BCUT2D eigenvalue weighted by molar-refractivity contribution is 6.22. The number of allylic oxidation sites excluding steroid dienone is 4. The van der Waals surface area contributed by atoms with E-state index < -0.39 is 23.0 Å². The van der Waals surface area contributed by atoms with Crippen LogP contribution in [0.25, 0.3) is 12.2 Å². The van der Waals surface area contributed by atoms with Crippen LogP contribution in [0.3, 0.4) is 0 Å². The van der Waals surface area contributed by atoms with Crippen molar-refractivity contribution in [2.24, 2.45) is 9.98 Å². The van der Waals surface area contributed by atoms with Gasteiger partial charge in [-0.3, -0.25) is 5.32 Å². The first-order valence-corrected chi connectivity index (χ1v) is 12.8. The van der Waals surface area contributed by atoms with Gasteiger partial charge in [0.15, 0.2) is 0 Å².